The van der Waals surface area contributed by atoms with Crippen LogP contribution in [0.1, 0.15) is 41.9 Å². The van der Waals surface area contributed by atoms with Crippen molar-refractivity contribution in [2.45, 2.75) is 44.2 Å². The largest absolute Gasteiger partial charge is 0.366 e. The van der Waals surface area contributed by atoms with Gasteiger partial charge in [0.15, 0.2) is 0 Å². The summed E-state index contributed by atoms with van der Waals surface area (Å²) in [4.78, 5) is 28.8. The first-order chi connectivity index (χ1) is 16.5. The summed E-state index contributed by atoms with van der Waals surface area (Å²) in [5.41, 5.74) is 3.56. The molecule has 3 heterocycles. The van der Waals surface area contributed by atoms with Crippen LogP contribution in [0.25, 0.3) is 0 Å². The number of aryl methyl sites for hydroxylation is 1. The highest BCUT2D eigenvalue weighted by Crippen LogP contribution is 2.38. The molecule has 0 bridgehead atoms. The van der Waals surface area contributed by atoms with E-state index in [1.165, 1.54) is 23.3 Å². The third kappa shape index (κ3) is 4.80. The first-order valence-corrected chi connectivity index (χ1v) is 12.2. The Hall–Kier alpha value is -2.93. The number of fused-ring (bicyclic) bond motifs is 1. The van der Waals surface area contributed by atoms with Gasteiger partial charge in [-0.3, -0.25) is 4.79 Å². The summed E-state index contributed by atoms with van der Waals surface area (Å²) >= 11 is 0. The number of ether oxygens (including phenoxy) is 1. The number of nitrogens with one attached hydrogen (secondary N) is 1. The van der Waals surface area contributed by atoms with Crippen LogP contribution in [0.4, 0.5) is 9.18 Å². The van der Waals surface area contributed by atoms with Gasteiger partial charge in [-0.1, -0.05) is 42.0 Å². The summed E-state index contributed by atoms with van der Waals surface area (Å²) < 4.78 is 19.2. The van der Waals surface area contributed by atoms with Gasteiger partial charge in [0.2, 0.25) is 5.91 Å². The standard InChI is InChI=1S/C27H32FN3O3/c1-18-2-4-19(5-3-18)26(20-6-8-22(28)9-7-20)21-10-13-30(14-11-21)27(33)31-15-12-24-23(16-31)29-25(32)17-34-24/h2-9,21,23-24,26H,10-17H2,1H3,(H,29,32)/t23-,24?,26-/m1/s1. The highest BCUT2D eigenvalue weighted by atomic mass is 19.1. The molecule has 2 aromatic rings. The SMILES string of the molecule is Cc1ccc([C@H](c2ccc(F)cc2)C2CCN(C(=O)N3CCC4OCC(=O)N[C@@H]4C3)CC2)cc1. The van der Waals surface area contributed by atoms with Crippen LogP contribution < -0.4 is 5.32 Å². The zero-order chi connectivity index (χ0) is 23.7. The molecule has 3 aliphatic heterocycles. The van der Waals surface area contributed by atoms with Crippen molar-refractivity contribution in [3.05, 3.63) is 71.0 Å². The highest BCUT2D eigenvalue weighted by molar-refractivity contribution is 5.79. The quantitative estimate of drug-likeness (QED) is 0.752. The summed E-state index contributed by atoms with van der Waals surface area (Å²) in [6.07, 6.45) is 2.52. The Morgan fingerprint density at radius 1 is 0.971 bits per heavy atom. The first-order valence-electron chi connectivity index (χ1n) is 12.2. The second-order valence-electron chi connectivity index (χ2n) is 9.81. The Morgan fingerprint density at radius 3 is 2.26 bits per heavy atom. The molecule has 0 radical (unpaired) electrons. The van der Waals surface area contributed by atoms with Crippen molar-refractivity contribution in [2.75, 3.05) is 32.8 Å². The number of hydrogen-bond donors (Lipinski definition) is 1. The molecule has 6 nitrogen and oxygen atoms in total. The Balaban J connectivity index is 1.26. The summed E-state index contributed by atoms with van der Waals surface area (Å²) in [6, 6.07) is 15.4. The van der Waals surface area contributed by atoms with Crippen molar-refractivity contribution in [3.8, 4) is 0 Å². The normalized spacial score (nSPS) is 24.4. The van der Waals surface area contributed by atoms with Crippen LogP contribution in [-0.4, -0.2) is 66.7 Å². The fraction of sp³-hybridized carbons (Fsp3) is 0.481. The van der Waals surface area contributed by atoms with E-state index < -0.39 is 0 Å². The second-order valence-corrected chi connectivity index (χ2v) is 9.81. The highest BCUT2D eigenvalue weighted by Gasteiger charge is 2.38. The molecule has 7 heteroatoms. The fourth-order valence-corrected chi connectivity index (χ4v) is 5.68. The number of benzene rings is 2. The third-order valence-electron chi connectivity index (χ3n) is 7.54. The lowest BCUT2D eigenvalue weighted by atomic mass is 9.76. The van der Waals surface area contributed by atoms with Crippen LogP contribution >= 0.6 is 0 Å². The van der Waals surface area contributed by atoms with Crippen LogP contribution in [0, 0.1) is 18.7 Å². The van der Waals surface area contributed by atoms with Gasteiger partial charge in [0, 0.05) is 32.1 Å². The van der Waals surface area contributed by atoms with Gasteiger partial charge in [0.1, 0.15) is 12.4 Å². The van der Waals surface area contributed by atoms with Gasteiger partial charge < -0.3 is 19.9 Å². The lowest BCUT2D eigenvalue weighted by molar-refractivity contribution is -0.139. The molecule has 3 atom stereocenters. The topological polar surface area (TPSA) is 61.9 Å². The molecular formula is C27H32FN3O3. The average Bonchev–Trinajstić information content (AvgIpc) is 2.86. The third-order valence-corrected chi connectivity index (χ3v) is 7.54. The monoisotopic (exact) mass is 465 g/mol. The smallest absolute Gasteiger partial charge is 0.320 e. The summed E-state index contributed by atoms with van der Waals surface area (Å²) in [6.45, 7) is 4.72. The van der Waals surface area contributed by atoms with Gasteiger partial charge in [0.05, 0.1) is 12.1 Å². The Kier molecular flexibility index (Phi) is 6.55. The Morgan fingerprint density at radius 2 is 1.59 bits per heavy atom. The van der Waals surface area contributed by atoms with E-state index >= 15 is 0 Å². The zero-order valence-electron chi connectivity index (χ0n) is 19.6. The van der Waals surface area contributed by atoms with Gasteiger partial charge in [-0.15, -0.1) is 0 Å². The molecule has 2 aromatic carbocycles. The number of likely N-dealkylation sites (tertiary alicyclic amines) is 2. The summed E-state index contributed by atoms with van der Waals surface area (Å²) in [5, 5.41) is 2.97. The molecule has 0 spiro atoms. The van der Waals surface area contributed by atoms with E-state index in [1.54, 1.807) is 0 Å². The van der Waals surface area contributed by atoms with Crippen LogP contribution in [-0.2, 0) is 9.53 Å². The van der Waals surface area contributed by atoms with E-state index in [0.29, 0.717) is 32.1 Å². The number of rotatable bonds is 3. The number of carbonyl (C=O) groups is 2. The number of halogens is 1. The predicted molar refractivity (Wildman–Crippen MR) is 127 cm³/mol. The minimum Gasteiger partial charge on any atom is -0.366 e. The molecule has 0 aliphatic carbocycles. The molecule has 5 rings (SSSR count). The van der Waals surface area contributed by atoms with Crippen LogP contribution in [0.3, 0.4) is 0 Å². The predicted octanol–water partition coefficient (Wildman–Crippen LogP) is 3.69. The molecule has 1 N–H and O–H groups in total. The Labute approximate surface area is 200 Å². The van der Waals surface area contributed by atoms with Crippen LogP contribution in [0.15, 0.2) is 48.5 Å². The van der Waals surface area contributed by atoms with E-state index in [0.717, 1.165) is 24.8 Å². The molecule has 0 aromatic heterocycles. The molecule has 3 amide bonds. The molecule has 0 saturated carbocycles. The number of carbonyl (C=O) groups excluding carboxylic acids is 2. The minimum atomic E-state index is -0.227. The number of amides is 3. The summed E-state index contributed by atoms with van der Waals surface area (Å²) in [5.74, 6) is 0.201. The molecule has 3 saturated heterocycles. The number of morpholine rings is 1. The van der Waals surface area contributed by atoms with Crippen molar-refractivity contribution in [3.63, 3.8) is 0 Å². The molecule has 3 fully saturated rings. The molecule has 180 valence electrons. The second kappa shape index (κ2) is 9.74. The van der Waals surface area contributed by atoms with Gasteiger partial charge >= 0.3 is 6.03 Å². The minimum absolute atomic E-state index is 0.00142. The molecule has 1 unspecified atom stereocenters. The van der Waals surface area contributed by atoms with Crippen LogP contribution in [0.5, 0.6) is 0 Å². The molecular weight excluding hydrogens is 433 g/mol. The van der Waals surface area contributed by atoms with E-state index in [2.05, 4.69) is 36.5 Å². The number of hydrogen-bond acceptors (Lipinski definition) is 3. The van der Waals surface area contributed by atoms with E-state index in [9.17, 15) is 14.0 Å². The lowest BCUT2D eigenvalue weighted by Crippen LogP contribution is -2.62. The maximum Gasteiger partial charge on any atom is 0.320 e. The fourth-order valence-electron chi connectivity index (χ4n) is 5.68. The van der Waals surface area contributed by atoms with Gasteiger partial charge in [0.25, 0.3) is 0 Å². The maximum absolute atomic E-state index is 13.6. The first kappa shape index (κ1) is 22.8. The van der Waals surface area contributed by atoms with E-state index in [1.807, 2.05) is 21.9 Å². The molecule has 34 heavy (non-hydrogen) atoms. The summed E-state index contributed by atoms with van der Waals surface area (Å²) in [7, 11) is 0. The average molecular weight is 466 g/mol. The number of piperidine rings is 2. The van der Waals surface area contributed by atoms with Crippen molar-refractivity contribution in [2.24, 2.45) is 5.92 Å². The van der Waals surface area contributed by atoms with Crippen molar-refractivity contribution < 1.29 is 18.7 Å². The van der Waals surface area contributed by atoms with Crippen molar-refractivity contribution in [1.82, 2.24) is 15.1 Å². The van der Waals surface area contributed by atoms with Gasteiger partial charge in [-0.05, 0) is 55.4 Å². The number of nitrogens with zero attached hydrogens (tertiary/aromatic N) is 2. The van der Waals surface area contributed by atoms with E-state index in [4.69, 9.17) is 4.74 Å². The van der Waals surface area contributed by atoms with Gasteiger partial charge in [-0.2, -0.15) is 0 Å². The van der Waals surface area contributed by atoms with Crippen molar-refractivity contribution >= 4 is 11.9 Å². The van der Waals surface area contributed by atoms with Crippen LogP contribution in [0.2, 0.25) is 0 Å². The Bertz CT molecular complexity index is 973. The lowest BCUT2D eigenvalue weighted by Gasteiger charge is -2.44. The van der Waals surface area contributed by atoms with Gasteiger partial charge in [-0.25, -0.2) is 9.18 Å². The number of urea groups is 1. The van der Waals surface area contributed by atoms with E-state index in [-0.39, 0.29) is 42.4 Å². The van der Waals surface area contributed by atoms with Crippen molar-refractivity contribution in [1.29, 1.82) is 0 Å². The molecule has 3 aliphatic rings. The maximum atomic E-state index is 13.6. The zero-order valence-corrected chi connectivity index (χ0v) is 19.6.